The fourth-order valence-electron chi connectivity index (χ4n) is 1.09. The van der Waals surface area contributed by atoms with Gasteiger partial charge in [0.05, 0.1) is 0 Å². The Morgan fingerprint density at radius 3 is 2.46 bits per heavy atom. The molecule has 0 radical (unpaired) electrons. The highest BCUT2D eigenvalue weighted by atomic mass is 15.0. The van der Waals surface area contributed by atoms with Crippen LogP contribution < -0.4 is 5.73 Å². The molecule has 0 amide bonds. The molecule has 2 N–H and O–H groups in total. The van der Waals surface area contributed by atoms with E-state index in [0.29, 0.717) is 5.95 Å². The van der Waals surface area contributed by atoms with Crippen LogP contribution in [0.5, 0.6) is 0 Å². The fraction of sp³-hybridized carbons (Fsp3) is 0.556. The van der Waals surface area contributed by atoms with E-state index in [4.69, 9.17) is 5.73 Å². The summed E-state index contributed by atoms with van der Waals surface area (Å²) in [4.78, 5) is 10.0. The van der Waals surface area contributed by atoms with E-state index in [1.54, 1.807) is 12.4 Å². The van der Waals surface area contributed by atoms with Crippen LogP contribution in [0.15, 0.2) is 12.4 Å². The molecule has 0 atom stereocenters. The van der Waals surface area contributed by atoms with Gasteiger partial charge in [-0.25, -0.2) is 9.97 Å². The molecule has 1 rings (SSSR count). The smallest absolute Gasteiger partial charge is 0.219 e. The van der Waals surface area contributed by atoms with Gasteiger partial charge in [0.15, 0.2) is 0 Å². The Hall–Kier alpha value is -1.16. The topological polar surface area (TPSA) is 55.0 Å². The van der Waals surface area contributed by atoms with Crippen molar-refractivity contribution >= 4 is 5.95 Å². The Balaban J connectivity index is 2.33. The lowest BCUT2D eigenvalue weighted by molar-refractivity contribution is 0.400. The molecule has 1 aromatic rings. The van der Waals surface area contributed by atoms with Crippen molar-refractivity contribution in [3.05, 3.63) is 18.0 Å². The summed E-state index contributed by atoms with van der Waals surface area (Å²) in [5.74, 6) is 0.344. The number of rotatable bonds is 4. The fourth-order valence-corrected chi connectivity index (χ4v) is 1.09. The number of hydrogen-bond donors (Lipinski definition) is 1. The molecular formula is C9H16N4. The summed E-state index contributed by atoms with van der Waals surface area (Å²) in [7, 11) is 4.14. The van der Waals surface area contributed by atoms with E-state index < -0.39 is 0 Å². The van der Waals surface area contributed by atoms with Gasteiger partial charge < -0.3 is 10.6 Å². The van der Waals surface area contributed by atoms with Crippen molar-refractivity contribution in [3.8, 4) is 0 Å². The molecule has 72 valence electrons. The highest BCUT2D eigenvalue weighted by Gasteiger charge is 1.95. The van der Waals surface area contributed by atoms with E-state index >= 15 is 0 Å². The molecular weight excluding hydrogens is 164 g/mol. The van der Waals surface area contributed by atoms with Gasteiger partial charge in [-0.2, -0.15) is 0 Å². The van der Waals surface area contributed by atoms with Gasteiger partial charge in [-0.05, 0) is 39.0 Å². The van der Waals surface area contributed by atoms with Crippen LogP contribution in [0.2, 0.25) is 0 Å². The molecule has 0 aliphatic carbocycles. The van der Waals surface area contributed by atoms with Crippen molar-refractivity contribution in [2.45, 2.75) is 12.8 Å². The van der Waals surface area contributed by atoms with Gasteiger partial charge in [-0.1, -0.05) is 0 Å². The van der Waals surface area contributed by atoms with Crippen LogP contribution in [0.4, 0.5) is 5.95 Å². The third-order valence-electron chi connectivity index (χ3n) is 1.80. The van der Waals surface area contributed by atoms with Crippen LogP contribution in [-0.2, 0) is 6.42 Å². The Labute approximate surface area is 78.8 Å². The first-order valence-electron chi connectivity index (χ1n) is 4.39. The number of anilines is 1. The molecule has 1 heterocycles. The summed E-state index contributed by atoms with van der Waals surface area (Å²) < 4.78 is 0. The monoisotopic (exact) mass is 180 g/mol. The van der Waals surface area contributed by atoms with Gasteiger partial charge >= 0.3 is 0 Å². The predicted octanol–water partition coefficient (Wildman–Crippen LogP) is 0.553. The minimum absolute atomic E-state index is 0.344. The van der Waals surface area contributed by atoms with Gasteiger partial charge in [-0.3, -0.25) is 0 Å². The van der Waals surface area contributed by atoms with E-state index in [2.05, 4.69) is 29.0 Å². The normalized spacial score (nSPS) is 10.7. The van der Waals surface area contributed by atoms with Crippen molar-refractivity contribution in [2.24, 2.45) is 0 Å². The second-order valence-corrected chi connectivity index (χ2v) is 3.36. The van der Waals surface area contributed by atoms with E-state index in [1.165, 1.54) is 0 Å². The molecule has 0 unspecified atom stereocenters. The van der Waals surface area contributed by atoms with Gasteiger partial charge in [0.1, 0.15) is 0 Å². The molecule has 1 aromatic heterocycles. The summed E-state index contributed by atoms with van der Waals surface area (Å²) in [6, 6.07) is 0. The number of hydrogen-bond acceptors (Lipinski definition) is 4. The SMILES string of the molecule is CN(C)CCCc1cnc(N)nc1. The van der Waals surface area contributed by atoms with Crippen LogP contribution in [-0.4, -0.2) is 35.5 Å². The van der Waals surface area contributed by atoms with Crippen molar-refractivity contribution in [2.75, 3.05) is 26.4 Å². The first kappa shape index (κ1) is 9.92. The van der Waals surface area contributed by atoms with Crippen LogP contribution in [0.25, 0.3) is 0 Å². The van der Waals surface area contributed by atoms with Crippen LogP contribution in [0.3, 0.4) is 0 Å². The lowest BCUT2D eigenvalue weighted by atomic mass is 10.2. The van der Waals surface area contributed by atoms with E-state index in [-0.39, 0.29) is 0 Å². The third kappa shape index (κ3) is 3.85. The zero-order chi connectivity index (χ0) is 9.68. The third-order valence-corrected chi connectivity index (χ3v) is 1.80. The first-order valence-corrected chi connectivity index (χ1v) is 4.39. The average Bonchev–Trinajstić information content (AvgIpc) is 2.08. The zero-order valence-corrected chi connectivity index (χ0v) is 8.20. The average molecular weight is 180 g/mol. The summed E-state index contributed by atoms with van der Waals surface area (Å²) >= 11 is 0. The molecule has 4 nitrogen and oxygen atoms in total. The zero-order valence-electron chi connectivity index (χ0n) is 8.20. The van der Waals surface area contributed by atoms with Crippen molar-refractivity contribution < 1.29 is 0 Å². The van der Waals surface area contributed by atoms with Crippen LogP contribution in [0.1, 0.15) is 12.0 Å². The van der Waals surface area contributed by atoms with Crippen molar-refractivity contribution in [1.29, 1.82) is 0 Å². The predicted molar refractivity (Wildman–Crippen MR) is 53.3 cm³/mol. The van der Waals surface area contributed by atoms with Gasteiger partial charge in [0.25, 0.3) is 0 Å². The number of aryl methyl sites for hydroxylation is 1. The molecule has 0 bridgehead atoms. The largest absolute Gasteiger partial charge is 0.368 e. The lowest BCUT2D eigenvalue weighted by Gasteiger charge is -2.08. The number of aromatic nitrogens is 2. The van der Waals surface area contributed by atoms with E-state index in [0.717, 1.165) is 24.9 Å². The maximum absolute atomic E-state index is 5.37. The molecule has 0 spiro atoms. The summed E-state index contributed by atoms with van der Waals surface area (Å²) in [5, 5.41) is 0. The first-order chi connectivity index (χ1) is 6.18. The van der Waals surface area contributed by atoms with Crippen molar-refractivity contribution in [3.63, 3.8) is 0 Å². The Morgan fingerprint density at radius 2 is 1.92 bits per heavy atom. The second kappa shape index (κ2) is 4.77. The maximum atomic E-state index is 5.37. The summed E-state index contributed by atoms with van der Waals surface area (Å²) in [6.07, 6.45) is 5.72. The Morgan fingerprint density at radius 1 is 1.31 bits per heavy atom. The molecule has 0 aliphatic rings. The quantitative estimate of drug-likeness (QED) is 0.735. The molecule has 0 fully saturated rings. The van der Waals surface area contributed by atoms with Crippen LogP contribution >= 0.6 is 0 Å². The standard InChI is InChI=1S/C9H16N4/c1-13(2)5-3-4-8-6-11-9(10)12-7-8/h6-7H,3-5H2,1-2H3,(H2,10,11,12). The minimum Gasteiger partial charge on any atom is -0.368 e. The molecule has 0 saturated carbocycles. The van der Waals surface area contributed by atoms with E-state index in [1.807, 2.05) is 0 Å². The molecule has 0 aliphatic heterocycles. The van der Waals surface area contributed by atoms with Gasteiger partial charge in [0, 0.05) is 12.4 Å². The lowest BCUT2D eigenvalue weighted by Crippen LogP contribution is -2.13. The molecule has 13 heavy (non-hydrogen) atoms. The molecule has 0 aromatic carbocycles. The summed E-state index contributed by atoms with van der Waals surface area (Å²) in [6.45, 7) is 1.09. The second-order valence-electron chi connectivity index (χ2n) is 3.36. The van der Waals surface area contributed by atoms with Gasteiger partial charge in [0.2, 0.25) is 5.95 Å². The van der Waals surface area contributed by atoms with Crippen molar-refractivity contribution in [1.82, 2.24) is 14.9 Å². The van der Waals surface area contributed by atoms with E-state index in [9.17, 15) is 0 Å². The highest BCUT2D eigenvalue weighted by molar-refractivity contribution is 5.17. The van der Waals surface area contributed by atoms with Gasteiger partial charge in [-0.15, -0.1) is 0 Å². The minimum atomic E-state index is 0.344. The molecule has 4 heteroatoms. The highest BCUT2D eigenvalue weighted by Crippen LogP contribution is 2.01. The number of nitrogens with zero attached hydrogens (tertiary/aromatic N) is 3. The summed E-state index contributed by atoms with van der Waals surface area (Å²) in [5.41, 5.74) is 6.52. The maximum Gasteiger partial charge on any atom is 0.219 e. The number of nitrogens with two attached hydrogens (primary N) is 1. The number of nitrogen functional groups attached to an aromatic ring is 1. The Kier molecular flexibility index (Phi) is 3.64. The molecule has 0 saturated heterocycles. The Bertz CT molecular complexity index is 242. The van der Waals surface area contributed by atoms with Crippen LogP contribution in [0, 0.1) is 0 Å².